The third kappa shape index (κ3) is 4.12. The lowest BCUT2D eigenvalue weighted by Crippen LogP contribution is -2.12. The van der Waals surface area contributed by atoms with Gasteiger partial charge < -0.3 is 0 Å². The average Bonchev–Trinajstić information content (AvgIpc) is 3.61. The number of benzene rings is 4. The second-order valence-corrected chi connectivity index (χ2v) is 10.9. The van der Waals surface area contributed by atoms with Crippen LogP contribution >= 0.6 is 0 Å². The van der Waals surface area contributed by atoms with E-state index >= 15 is 0 Å². The summed E-state index contributed by atoms with van der Waals surface area (Å²) in [6.45, 7) is 0. The monoisotopic (exact) mass is 508 g/mol. The molecule has 0 amide bonds. The zero-order valence-corrected chi connectivity index (χ0v) is 22.3. The van der Waals surface area contributed by atoms with E-state index in [-0.39, 0.29) is 0 Å². The summed E-state index contributed by atoms with van der Waals surface area (Å²) < 4.78 is 0. The maximum Gasteiger partial charge on any atom is 0.0161 e. The minimum Gasteiger partial charge on any atom is -0.0762 e. The van der Waals surface area contributed by atoms with E-state index in [2.05, 4.69) is 147 Å². The van der Waals surface area contributed by atoms with Gasteiger partial charge >= 0.3 is 0 Å². The topological polar surface area (TPSA) is 0 Å². The molecule has 0 saturated heterocycles. The highest BCUT2D eigenvalue weighted by molar-refractivity contribution is 6.08. The molecule has 0 heteroatoms. The van der Waals surface area contributed by atoms with E-state index in [1.807, 2.05) is 0 Å². The SMILES string of the molecule is [CH]1[CH][C](Cc2ccc3ccccc3c2-c2c(C[C]3[CH][CH][C]4C=CC=C[C]43)ccc3ccccc23)[C]2C=CC=C[C]12. The van der Waals surface area contributed by atoms with E-state index in [0.29, 0.717) is 0 Å². The first-order chi connectivity index (χ1) is 19.8. The van der Waals surface area contributed by atoms with Gasteiger partial charge in [0.2, 0.25) is 0 Å². The summed E-state index contributed by atoms with van der Waals surface area (Å²) >= 11 is 0. The predicted molar refractivity (Wildman–Crippen MR) is 168 cm³/mol. The molecule has 2 saturated carbocycles. The van der Waals surface area contributed by atoms with Crippen molar-refractivity contribution in [2.24, 2.45) is 0 Å². The van der Waals surface area contributed by atoms with Crippen molar-refractivity contribution in [1.82, 2.24) is 0 Å². The van der Waals surface area contributed by atoms with E-state index in [0.717, 1.165) is 12.8 Å². The maximum atomic E-state index is 2.36. The van der Waals surface area contributed by atoms with Crippen LogP contribution in [0.3, 0.4) is 0 Å². The zero-order valence-electron chi connectivity index (χ0n) is 22.3. The summed E-state index contributed by atoms with van der Waals surface area (Å²) in [6.07, 6.45) is 28.4. The van der Waals surface area contributed by atoms with Crippen LogP contribution in [0.5, 0.6) is 0 Å². The van der Waals surface area contributed by atoms with Crippen LogP contribution in [-0.2, 0) is 12.8 Å². The van der Waals surface area contributed by atoms with Crippen molar-refractivity contribution in [2.45, 2.75) is 12.8 Å². The van der Waals surface area contributed by atoms with Crippen LogP contribution in [0.15, 0.2) is 121 Å². The predicted octanol–water partition coefficient (Wildman–Crippen LogP) is 9.29. The third-order valence-electron chi connectivity index (χ3n) is 8.58. The summed E-state index contributed by atoms with van der Waals surface area (Å²) in [5, 5.41) is 5.21. The van der Waals surface area contributed by atoms with Crippen molar-refractivity contribution in [2.75, 3.05) is 0 Å². The fraction of sp³-hybridized carbons (Fsp3) is 0.0500. The average molecular weight is 509 g/mol. The molecule has 4 aromatic carbocycles. The van der Waals surface area contributed by atoms with Gasteiger partial charge in [-0.05, 0) is 94.2 Å². The van der Waals surface area contributed by atoms with E-state index in [4.69, 9.17) is 0 Å². The van der Waals surface area contributed by atoms with Crippen molar-refractivity contribution in [3.63, 3.8) is 0 Å². The minimum absolute atomic E-state index is 0.898. The first-order valence-corrected chi connectivity index (χ1v) is 14.1. The highest BCUT2D eigenvalue weighted by Crippen LogP contribution is 2.50. The van der Waals surface area contributed by atoms with Gasteiger partial charge in [0.1, 0.15) is 0 Å². The number of rotatable bonds is 5. The number of fused-ring (bicyclic) bond motifs is 4. The molecule has 40 heavy (non-hydrogen) atoms. The largest absolute Gasteiger partial charge is 0.0762 e. The summed E-state index contributed by atoms with van der Waals surface area (Å²) in [5.74, 6) is 8.10. The summed E-state index contributed by atoms with van der Waals surface area (Å²) in [6, 6.07) is 27.1. The normalized spacial score (nSPS) is 20.3. The highest BCUT2D eigenvalue weighted by Gasteiger charge is 2.38. The molecule has 2 fully saturated rings. The van der Waals surface area contributed by atoms with Gasteiger partial charge in [-0.1, -0.05) is 121 Å². The molecule has 4 aromatic rings. The van der Waals surface area contributed by atoms with Gasteiger partial charge in [0.25, 0.3) is 0 Å². The van der Waals surface area contributed by atoms with E-state index < -0.39 is 0 Å². The van der Waals surface area contributed by atoms with Gasteiger partial charge in [-0.2, -0.15) is 0 Å². The summed E-state index contributed by atoms with van der Waals surface area (Å²) in [5.41, 5.74) is 5.48. The Hall–Kier alpha value is -3.64. The Morgan fingerprint density at radius 2 is 0.850 bits per heavy atom. The molecular weight excluding hydrogens is 480 g/mol. The molecule has 0 N–H and O–H groups in total. The lowest BCUT2D eigenvalue weighted by Gasteiger charge is -2.25. The van der Waals surface area contributed by atoms with Gasteiger partial charge in [0, 0.05) is 23.7 Å². The van der Waals surface area contributed by atoms with Crippen LogP contribution in [0, 0.1) is 61.2 Å². The Balaban J connectivity index is 1.29. The van der Waals surface area contributed by atoms with Crippen molar-refractivity contribution in [3.8, 4) is 11.1 Å². The van der Waals surface area contributed by atoms with Crippen molar-refractivity contribution >= 4 is 21.5 Å². The first kappa shape index (κ1) is 24.2. The molecule has 8 rings (SSSR count). The highest BCUT2D eigenvalue weighted by atomic mass is 14.4. The molecule has 0 unspecified atom stereocenters. The summed E-state index contributed by atoms with van der Waals surface area (Å²) in [7, 11) is 0. The molecule has 4 aliphatic rings. The smallest absolute Gasteiger partial charge is 0.0161 e. The molecular formula is C40H28. The lowest BCUT2D eigenvalue weighted by atomic mass is 9.78. The van der Waals surface area contributed by atoms with Crippen LogP contribution in [0.1, 0.15) is 11.1 Å². The van der Waals surface area contributed by atoms with E-state index in [9.17, 15) is 0 Å². The van der Waals surface area contributed by atoms with Crippen LogP contribution in [0.25, 0.3) is 32.7 Å². The van der Waals surface area contributed by atoms with E-state index in [1.165, 1.54) is 79.3 Å². The fourth-order valence-electron chi connectivity index (χ4n) is 6.67. The Bertz CT molecular complexity index is 1570. The number of hydrogen-bond donors (Lipinski definition) is 0. The number of hydrogen-bond acceptors (Lipinski definition) is 0. The Morgan fingerprint density at radius 3 is 1.35 bits per heavy atom. The van der Waals surface area contributed by atoms with Crippen molar-refractivity contribution in [1.29, 1.82) is 0 Å². The molecule has 0 spiro atoms. The Labute approximate surface area is 238 Å². The second-order valence-electron chi connectivity index (χ2n) is 10.9. The van der Waals surface area contributed by atoms with Gasteiger partial charge in [-0.3, -0.25) is 0 Å². The van der Waals surface area contributed by atoms with Gasteiger partial charge in [0.05, 0.1) is 0 Å². The van der Waals surface area contributed by atoms with Gasteiger partial charge in [-0.15, -0.1) is 0 Å². The lowest BCUT2D eigenvalue weighted by molar-refractivity contribution is 0.975. The second kappa shape index (κ2) is 10.1. The molecule has 4 aliphatic carbocycles. The molecule has 0 bridgehead atoms. The third-order valence-corrected chi connectivity index (χ3v) is 8.58. The zero-order chi connectivity index (χ0) is 26.5. The van der Waals surface area contributed by atoms with Gasteiger partial charge in [0.15, 0.2) is 0 Å². The van der Waals surface area contributed by atoms with Gasteiger partial charge in [-0.25, -0.2) is 0 Å². The number of allylic oxidation sites excluding steroid dienone is 8. The minimum atomic E-state index is 0.898. The maximum absolute atomic E-state index is 2.36. The fourth-order valence-corrected chi connectivity index (χ4v) is 6.67. The first-order valence-electron chi connectivity index (χ1n) is 14.1. The van der Waals surface area contributed by atoms with Crippen LogP contribution in [-0.4, -0.2) is 0 Å². The van der Waals surface area contributed by atoms with Crippen LogP contribution in [0.4, 0.5) is 0 Å². The Morgan fingerprint density at radius 1 is 0.400 bits per heavy atom. The van der Waals surface area contributed by atoms with E-state index in [1.54, 1.807) is 0 Å². The molecule has 10 radical (unpaired) electrons. The molecule has 188 valence electrons. The molecule has 0 aliphatic heterocycles. The molecule has 0 aromatic heterocycles. The molecule has 0 nitrogen and oxygen atoms in total. The van der Waals surface area contributed by atoms with Crippen molar-refractivity contribution in [3.05, 3.63) is 194 Å². The Kier molecular flexibility index (Phi) is 6.09. The van der Waals surface area contributed by atoms with Crippen LogP contribution < -0.4 is 0 Å². The molecule has 0 heterocycles. The van der Waals surface area contributed by atoms with Crippen LogP contribution in [0.2, 0.25) is 0 Å². The molecule has 0 atom stereocenters. The van der Waals surface area contributed by atoms with Crippen molar-refractivity contribution < 1.29 is 0 Å². The standard InChI is InChI=1S/C40H28/c1-5-13-35-27(9-1)17-21-31(35)25-33-23-19-29-11-3-7-15-37(29)39(33)40-34(24-20-30-12-4-8-16-38(30)40)26-32-22-18-28-10-2-6-14-36(28)32/h1-24H,25-26H2. The quantitative estimate of drug-likeness (QED) is 0.252. The summed E-state index contributed by atoms with van der Waals surface area (Å²) in [4.78, 5) is 0.